The predicted octanol–water partition coefficient (Wildman–Crippen LogP) is 2.69. The summed E-state index contributed by atoms with van der Waals surface area (Å²) in [5.41, 5.74) is 0.705. The number of hydrogen-bond donors (Lipinski definition) is 1. The number of nitrogens with zero attached hydrogens (tertiary/aromatic N) is 1. The molecule has 1 amide bonds. The van der Waals surface area contributed by atoms with Crippen molar-refractivity contribution in [3.63, 3.8) is 0 Å². The minimum absolute atomic E-state index is 0.00728. The van der Waals surface area contributed by atoms with Gasteiger partial charge < -0.3 is 14.5 Å². The number of hydrogen-bond acceptors (Lipinski definition) is 4. The monoisotopic (exact) mass is 352 g/mol. The quantitative estimate of drug-likeness (QED) is 0.899. The van der Waals surface area contributed by atoms with Crippen LogP contribution >= 0.6 is 0 Å². The summed E-state index contributed by atoms with van der Waals surface area (Å²) in [6.07, 6.45) is 4.27. The van der Waals surface area contributed by atoms with E-state index in [0.717, 1.165) is 43.8 Å². The lowest BCUT2D eigenvalue weighted by Crippen LogP contribution is -2.41. The Kier molecular flexibility index (Phi) is 3.87. The summed E-state index contributed by atoms with van der Waals surface area (Å²) in [7, 11) is 0. The van der Waals surface area contributed by atoms with Gasteiger partial charge in [0.05, 0.1) is 24.5 Å². The van der Waals surface area contributed by atoms with Crippen LogP contribution in [0.5, 0.6) is 0 Å². The summed E-state index contributed by atoms with van der Waals surface area (Å²) in [5, 5.41) is 3.14. The maximum Gasteiger partial charge on any atom is 0.251 e. The number of benzene rings is 1. The average Bonchev–Trinajstić information content (AvgIpc) is 3.42. The van der Waals surface area contributed by atoms with Crippen molar-refractivity contribution >= 4 is 5.91 Å². The first-order chi connectivity index (χ1) is 12.7. The third kappa shape index (κ3) is 2.66. The fraction of sp³-hybridized carbons (Fsp3) is 0.476. The molecule has 1 aromatic heterocycles. The molecule has 5 rings (SSSR count). The minimum atomic E-state index is -0.0145. The van der Waals surface area contributed by atoms with Gasteiger partial charge in [0.15, 0.2) is 0 Å². The summed E-state index contributed by atoms with van der Waals surface area (Å²) in [4.78, 5) is 14.8. The van der Waals surface area contributed by atoms with E-state index in [4.69, 9.17) is 9.15 Å². The van der Waals surface area contributed by atoms with E-state index < -0.39 is 0 Å². The Labute approximate surface area is 153 Å². The number of furan rings is 1. The summed E-state index contributed by atoms with van der Waals surface area (Å²) in [5.74, 6) is 1.91. The molecule has 5 nitrogen and oxygen atoms in total. The molecule has 26 heavy (non-hydrogen) atoms. The van der Waals surface area contributed by atoms with Gasteiger partial charge >= 0.3 is 0 Å². The largest absolute Gasteiger partial charge is 0.468 e. The molecule has 3 aliphatic rings. The van der Waals surface area contributed by atoms with Gasteiger partial charge in [0, 0.05) is 37.0 Å². The second kappa shape index (κ2) is 6.25. The van der Waals surface area contributed by atoms with E-state index in [9.17, 15) is 4.79 Å². The van der Waals surface area contributed by atoms with Crippen LogP contribution in [0, 0.1) is 11.8 Å². The van der Waals surface area contributed by atoms with E-state index in [-0.39, 0.29) is 11.5 Å². The highest BCUT2D eigenvalue weighted by Crippen LogP contribution is 2.54. The SMILES string of the molecule is O=C(NC[C@H]1[C@H]2CN(Cc3ccco3)C[C@]23CC[C@H]1O3)c1ccccc1. The Morgan fingerprint density at radius 1 is 1.23 bits per heavy atom. The minimum Gasteiger partial charge on any atom is -0.468 e. The number of rotatable bonds is 5. The van der Waals surface area contributed by atoms with E-state index in [1.807, 2.05) is 42.5 Å². The first-order valence-corrected chi connectivity index (χ1v) is 9.49. The van der Waals surface area contributed by atoms with Gasteiger partial charge in [0.1, 0.15) is 5.76 Å². The first-order valence-electron chi connectivity index (χ1n) is 9.49. The van der Waals surface area contributed by atoms with Crippen LogP contribution in [0.15, 0.2) is 53.1 Å². The highest BCUT2D eigenvalue weighted by Gasteiger charge is 2.62. The second-order valence-corrected chi connectivity index (χ2v) is 7.86. The summed E-state index contributed by atoms with van der Waals surface area (Å²) in [6, 6.07) is 13.4. The lowest BCUT2D eigenvalue weighted by Gasteiger charge is -2.29. The van der Waals surface area contributed by atoms with E-state index in [0.29, 0.717) is 24.5 Å². The van der Waals surface area contributed by atoms with Crippen LogP contribution in [0.3, 0.4) is 0 Å². The van der Waals surface area contributed by atoms with Crippen LogP contribution in [0.2, 0.25) is 0 Å². The standard InChI is InChI=1S/C21H24N2O3/c24-20(15-5-2-1-3-6-15)22-11-17-18-13-23(12-16-7-4-10-25-16)14-21(18)9-8-19(17)26-21/h1-7,10,17-19H,8-9,11-14H2,(H,22,24)/t17-,18+,19+,21+/m0/s1. The molecule has 0 saturated carbocycles. The van der Waals surface area contributed by atoms with Gasteiger partial charge in [-0.1, -0.05) is 18.2 Å². The van der Waals surface area contributed by atoms with E-state index in [2.05, 4.69) is 10.2 Å². The molecule has 3 saturated heterocycles. The van der Waals surface area contributed by atoms with Crippen molar-refractivity contribution in [1.29, 1.82) is 0 Å². The third-order valence-corrected chi connectivity index (χ3v) is 6.35. The number of amides is 1. The molecule has 4 atom stereocenters. The van der Waals surface area contributed by atoms with Gasteiger partial charge in [0.25, 0.3) is 5.91 Å². The van der Waals surface area contributed by atoms with Crippen LogP contribution in [0.1, 0.15) is 29.0 Å². The van der Waals surface area contributed by atoms with Crippen molar-refractivity contribution in [1.82, 2.24) is 10.2 Å². The maximum absolute atomic E-state index is 12.4. The van der Waals surface area contributed by atoms with Crippen LogP contribution < -0.4 is 5.32 Å². The molecule has 0 aliphatic carbocycles. The van der Waals surface area contributed by atoms with Crippen molar-refractivity contribution in [3.8, 4) is 0 Å². The Balaban J connectivity index is 1.25. The molecular weight excluding hydrogens is 328 g/mol. The summed E-state index contributed by atoms with van der Waals surface area (Å²) >= 11 is 0. The lowest BCUT2D eigenvalue weighted by atomic mass is 9.73. The Hall–Kier alpha value is -2.11. The number of fused-ring (bicyclic) bond motifs is 1. The number of carbonyl (C=O) groups excluding carboxylic acids is 1. The topological polar surface area (TPSA) is 54.7 Å². The van der Waals surface area contributed by atoms with Crippen molar-refractivity contribution in [2.24, 2.45) is 11.8 Å². The first kappa shape index (κ1) is 16.1. The zero-order valence-electron chi connectivity index (χ0n) is 14.8. The van der Waals surface area contributed by atoms with Crippen LogP contribution in [-0.2, 0) is 11.3 Å². The van der Waals surface area contributed by atoms with Gasteiger partial charge in [-0.15, -0.1) is 0 Å². The van der Waals surface area contributed by atoms with Crippen LogP contribution in [0.4, 0.5) is 0 Å². The zero-order valence-corrected chi connectivity index (χ0v) is 14.8. The van der Waals surface area contributed by atoms with Crippen molar-refractivity contribution in [2.75, 3.05) is 19.6 Å². The number of nitrogens with one attached hydrogen (secondary N) is 1. The van der Waals surface area contributed by atoms with Gasteiger partial charge in [-0.2, -0.15) is 0 Å². The van der Waals surface area contributed by atoms with E-state index >= 15 is 0 Å². The summed E-state index contributed by atoms with van der Waals surface area (Å²) < 4.78 is 12.0. The van der Waals surface area contributed by atoms with Gasteiger partial charge in [-0.25, -0.2) is 0 Å². The highest BCUT2D eigenvalue weighted by molar-refractivity contribution is 5.94. The van der Waals surface area contributed by atoms with Crippen LogP contribution in [0.25, 0.3) is 0 Å². The normalized spacial score (nSPS) is 32.7. The Morgan fingerprint density at radius 2 is 2.12 bits per heavy atom. The van der Waals surface area contributed by atoms with Crippen molar-refractivity contribution in [2.45, 2.75) is 31.1 Å². The molecule has 0 unspecified atom stereocenters. The molecule has 1 spiro atoms. The number of ether oxygens (including phenoxy) is 1. The fourth-order valence-corrected chi connectivity index (χ4v) is 5.21. The molecular formula is C21H24N2O3. The van der Waals surface area contributed by atoms with Gasteiger partial charge in [0.2, 0.25) is 0 Å². The maximum atomic E-state index is 12.4. The number of likely N-dealkylation sites (tertiary alicyclic amines) is 1. The lowest BCUT2D eigenvalue weighted by molar-refractivity contribution is 0.00168. The third-order valence-electron chi connectivity index (χ3n) is 6.35. The van der Waals surface area contributed by atoms with E-state index in [1.165, 1.54) is 0 Å². The molecule has 0 radical (unpaired) electrons. The zero-order chi connectivity index (χ0) is 17.6. The van der Waals surface area contributed by atoms with Gasteiger partial charge in [-0.3, -0.25) is 9.69 Å². The molecule has 1 N–H and O–H groups in total. The van der Waals surface area contributed by atoms with Crippen molar-refractivity contribution < 1.29 is 13.9 Å². The second-order valence-electron chi connectivity index (χ2n) is 7.86. The molecule has 3 fully saturated rings. The molecule has 2 bridgehead atoms. The fourth-order valence-electron chi connectivity index (χ4n) is 5.21. The molecule has 1 aromatic carbocycles. The van der Waals surface area contributed by atoms with Gasteiger partial charge in [-0.05, 0) is 37.1 Å². The predicted molar refractivity (Wildman–Crippen MR) is 96.6 cm³/mol. The molecule has 3 aliphatic heterocycles. The van der Waals surface area contributed by atoms with Crippen LogP contribution in [-0.4, -0.2) is 42.1 Å². The van der Waals surface area contributed by atoms with E-state index in [1.54, 1.807) is 6.26 Å². The Bertz CT molecular complexity index is 776. The molecule has 136 valence electrons. The highest BCUT2D eigenvalue weighted by atomic mass is 16.5. The number of carbonyl (C=O) groups is 1. The molecule has 4 heterocycles. The Morgan fingerprint density at radius 3 is 2.92 bits per heavy atom. The smallest absolute Gasteiger partial charge is 0.251 e. The average molecular weight is 352 g/mol. The molecule has 2 aromatic rings. The van der Waals surface area contributed by atoms with Crippen molar-refractivity contribution in [3.05, 3.63) is 60.1 Å². The molecule has 5 heteroatoms. The summed E-state index contributed by atoms with van der Waals surface area (Å²) in [6.45, 7) is 3.52.